The minimum atomic E-state index is -0.202. The molecule has 0 aliphatic rings. The van der Waals surface area contributed by atoms with Crippen molar-refractivity contribution in [2.24, 2.45) is 5.73 Å². The van der Waals surface area contributed by atoms with E-state index in [9.17, 15) is 0 Å². The Morgan fingerprint density at radius 3 is 2.35 bits per heavy atom. The maximum Gasteiger partial charge on any atom is 0.158 e. The third kappa shape index (κ3) is 5.28. The molecule has 4 nitrogen and oxygen atoms in total. The zero-order chi connectivity index (χ0) is 12.5. The van der Waals surface area contributed by atoms with Crippen LogP contribution in [0.15, 0.2) is 30.3 Å². The summed E-state index contributed by atoms with van der Waals surface area (Å²) in [5, 5.41) is 3.40. The maximum atomic E-state index is 5.72. The number of ether oxygens (including phenoxy) is 2. The summed E-state index contributed by atoms with van der Waals surface area (Å²) in [5.41, 5.74) is 6.97. The average Bonchev–Trinajstić information content (AvgIpc) is 2.40. The van der Waals surface area contributed by atoms with Gasteiger partial charge in [-0.3, -0.25) is 0 Å². The SMILES string of the molecule is COC(CC(CN)NCc1ccccc1)OC. The highest BCUT2D eigenvalue weighted by molar-refractivity contribution is 5.14. The van der Waals surface area contributed by atoms with E-state index in [1.165, 1.54) is 5.56 Å². The first-order chi connectivity index (χ1) is 8.30. The third-order valence-corrected chi connectivity index (χ3v) is 2.72. The summed E-state index contributed by atoms with van der Waals surface area (Å²) in [5.74, 6) is 0. The number of hydrogen-bond donors (Lipinski definition) is 2. The van der Waals surface area contributed by atoms with Crippen LogP contribution in [0.3, 0.4) is 0 Å². The number of nitrogens with one attached hydrogen (secondary N) is 1. The molecule has 0 aromatic heterocycles. The standard InChI is InChI=1S/C13H22N2O2/c1-16-13(17-2)8-12(9-14)15-10-11-6-4-3-5-7-11/h3-7,12-13,15H,8-10,14H2,1-2H3. The first kappa shape index (κ1) is 14.1. The van der Waals surface area contributed by atoms with Crippen LogP contribution < -0.4 is 11.1 Å². The first-order valence-corrected chi connectivity index (χ1v) is 5.83. The normalized spacial score (nSPS) is 12.9. The monoisotopic (exact) mass is 238 g/mol. The molecule has 1 atom stereocenters. The maximum absolute atomic E-state index is 5.72. The van der Waals surface area contributed by atoms with Gasteiger partial charge in [0, 0.05) is 39.8 Å². The molecular formula is C13H22N2O2. The van der Waals surface area contributed by atoms with Crippen LogP contribution in [-0.4, -0.2) is 33.1 Å². The molecule has 1 unspecified atom stereocenters. The Balaban J connectivity index is 2.37. The van der Waals surface area contributed by atoms with Crippen LogP contribution >= 0.6 is 0 Å². The molecule has 0 saturated heterocycles. The Hall–Kier alpha value is -0.940. The molecule has 0 aliphatic heterocycles. The van der Waals surface area contributed by atoms with Gasteiger partial charge in [-0.1, -0.05) is 30.3 Å². The highest BCUT2D eigenvalue weighted by Crippen LogP contribution is 2.04. The van der Waals surface area contributed by atoms with Gasteiger partial charge in [0.15, 0.2) is 6.29 Å². The van der Waals surface area contributed by atoms with Gasteiger partial charge in [0.25, 0.3) is 0 Å². The van der Waals surface area contributed by atoms with Crippen molar-refractivity contribution in [3.8, 4) is 0 Å². The second kappa shape index (κ2) is 8.20. The number of benzene rings is 1. The molecule has 0 amide bonds. The van der Waals surface area contributed by atoms with Crippen molar-refractivity contribution in [1.29, 1.82) is 0 Å². The minimum absolute atomic E-state index is 0.195. The van der Waals surface area contributed by atoms with Crippen molar-refractivity contribution in [1.82, 2.24) is 5.32 Å². The number of methoxy groups -OCH3 is 2. The molecule has 0 heterocycles. The van der Waals surface area contributed by atoms with Gasteiger partial charge in [0.05, 0.1) is 0 Å². The lowest BCUT2D eigenvalue weighted by molar-refractivity contribution is -0.110. The molecule has 1 aromatic carbocycles. The summed E-state index contributed by atoms with van der Waals surface area (Å²) in [6, 6.07) is 10.4. The quantitative estimate of drug-likeness (QED) is 0.666. The predicted octanol–water partition coefficient (Wildman–Crippen LogP) is 1.11. The Morgan fingerprint density at radius 1 is 1.18 bits per heavy atom. The largest absolute Gasteiger partial charge is 0.356 e. The van der Waals surface area contributed by atoms with Crippen LogP contribution in [0.2, 0.25) is 0 Å². The Kier molecular flexibility index (Phi) is 6.81. The van der Waals surface area contributed by atoms with E-state index in [4.69, 9.17) is 15.2 Å². The van der Waals surface area contributed by atoms with Crippen LogP contribution in [0, 0.1) is 0 Å². The van der Waals surface area contributed by atoms with Gasteiger partial charge in [-0.15, -0.1) is 0 Å². The van der Waals surface area contributed by atoms with Gasteiger partial charge in [-0.05, 0) is 5.56 Å². The molecule has 96 valence electrons. The summed E-state index contributed by atoms with van der Waals surface area (Å²) >= 11 is 0. The van der Waals surface area contributed by atoms with E-state index in [0.29, 0.717) is 6.54 Å². The van der Waals surface area contributed by atoms with Crippen LogP contribution in [0.5, 0.6) is 0 Å². The zero-order valence-electron chi connectivity index (χ0n) is 10.6. The van der Waals surface area contributed by atoms with Crippen molar-refractivity contribution >= 4 is 0 Å². The second-order valence-electron chi connectivity index (χ2n) is 3.94. The van der Waals surface area contributed by atoms with Gasteiger partial charge in [-0.2, -0.15) is 0 Å². The third-order valence-electron chi connectivity index (χ3n) is 2.72. The summed E-state index contributed by atoms with van der Waals surface area (Å²) in [4.78, 5) is 0. The van der Waals surface area contributed by atoms with E-state index < -0.39 is 0 Å². The van der Waals surface area contributed by atoms with Crippen LogP contribution in [0.25, 0.3) is 0 Å². The van der Waals surface area contributed by atoms with Crippen molar-refractivity contribution in [2.45, 2.75) is 25.3 Å². The minimum Gasteiger partial charge on any atom is -0.356 e. The Morgan fingerprint density at radius 2 is 1.82 bits per heavy atom. The van der Waals surface area contributed by atoms with Gasteiger partial charge < -0.3 is 20.5 Å². The second-order valence-corrected chi connectivity index (χ2v) is 3.94. The molecule has 0 spiro atoms. The molecule has 17 heavy (non-hydrogen) atoms. The summed E-state index contributed by atoms with van der Waals surface area (Å²) in [6.07, 6.45) is 0.544. The molecule has 0 bridgehead atoms. The van der Waals surface area contributed by atoms with E-state index >= 15 is 0 Å². The first-order valence-electron chi connectivity index (χ1n) is 5.83. The van der Waals surface area contributed by atoms with Gasteiger partial charge in [-0.25, -0.2) is 0 Å². The number of rotatable bonds is 8. The van der Waals surface area contributed by atoms with Crippen LogP contribution in [0.4, 0.5) is 0 Å². The smallest absolute Gasteiger partial charge is 0.158 e. The highest BCUT2D eigenvalue weighted by atomic mass is 16.7. The lowest BCUT2D eigenvalue weighted by Gasteiger charge is -2.21. The van der Waals surface area contributed by atoms with E-state index in [-0.39, 0.29) is 12.3 Å². The van der Waals surface area contributed by atoms with E-state index in [1.807, 2.05) is 18.2 Å². The summed E-state index contributed by atoms with van der Waals surface area (Å²) < 4.78 is 10.3. The van der Waals surface area contributed by atoms with Crippen molar-refractivity contribution in [3.63, 3.8) is 0 Å². The fraction of sp³-hybridized carbons (Fsp3) is 0.538. The lowest BCUT2D eigenvalue weighted by Crippen LogP contribution is -2.39. The van der Waals surface area contributed by atoms with Crippen LogP contribution in [0.1, 0.15) is 12.0 Å². The molecular weight excluding hydrogens is 216 g/mol. The highest BCUT2D eigenvalue weighted by Gasteiger charge is 2.13. The predicted molar refractivity (Wildman–Crippen MR) is 68.5 cm³/mol. The fourth-order valence-electron chi connectivity index (χ4n) is 1.64. The molecule has 0 radical (unpaired) electrons. The molecule has 1 rings (SSSR count). The lowest BCUT2D eigenvalue weighted by atomic mass is 10.1. The van der Waals surface area contributed by atoms with Gasteiger partial charge in [0.2, 0.25) is 0 Å². The number of nitrogens with two attached hydrogens (primary N) is 1. The van der Waals surface area contributed by atoms with Gasteiger partial charge in [0.1, 0.15) is 0 Å². The Bertz CT molecular complexity index is 289. The van der Waals surface area contributed by atoms with Gasteiger partial charge >= 0.3 is 0 Å². The number of hydrogen-bond acceptors (Lipinski definition) is 4. The van der Waals surface area contributed by atoms with Crippen LogP contribution in [-0.2, 0) is 16.0 Å². The molecule has 0 saturated carbocycles. The van der Waals surface area contributed by atoms with Crippen molar-refractivity contribution < 1.29 is 9.47 Å². The van der Waals surface area contributed by atoms with E-state index in [2.05, 4.69) is 17.4 Å². The molecule has 4 heteroatoms. The summed E-state index contributed by atoms with van der Waals surface area (Å²) in [6.45, 7) is 1.37. The van der Waals surface area contributed by atoms with Crippen molar-refractivity contribution in [3.05, 3.63) is 35.9 Å². The zero-order valence-corrected chi connectivity index (χ0v) is 10.6. The topological polar surface area (TPSA) is 56.5 Å². The van der Waals surface area contributed by atoms with E-state index in [0.717, 1.165) is 13.0 Å². The average molecular weight is 238 g/mol. The molecule has 3 N–H and O–H groups in total. The van der Waals surface area contributed by atoms with E-state index in [1.54, 1.807) is 14.2 Å². The Labute approximate surface area is 103 Å². The van der Waals surface area contributed by atoms with Crippen molar-refractivity contribution in [2.75, 3.05) is 20.8 Å². The fourth-order valence-corrected chi connectivity index (χ4v) is 1.64. The molecule has 0 fully saturated rings. The molecule has 1 aromatic rings. The summed E-state index contributed by atoms with van der Waals surface area (Å²) in [7, 11) is 3.28. The molecule has 0 aliphatic carbocycles.